The molecule has 0 spiro atoms. The van der Waals surface area contributed by atoms with Crippen LogP contribution in [0.5, 0.6) is 0 Å². The van der Waals surface area contributed by atoms with Crippen molar-refractivity contribution in [2.75, 3.05) is 5.32 Å². The number of rotatable bonds is 4. The van der Waals surface area contributed by atoms with Gasteiger partial charge in [0.25, 0.3) is 0 Å². The summed E-state index contributed by atoms with van der Waals surface area (Å²) >= 11 is 0.798. The van der Waals surface area contributed by atoms with Crippen molar-refractivity contribution in [3.05, 3.63) is 58.4 Å². The topological polar surface area (TPSA) is 110 Å². The van der Waals surface area contributed by atoms with Gasteiger partial charge in [0.15, 0.2) is 5.13 Å². The molecular formula is C14H11N5O3S. The minimum atomic E-state index is -0.554. The van der Waals surface area contributed by atoms with E-state index in [4.69, 9.17) is 0 Å². The predicted molar refractivity (Wildman–Crippen MR) is 86.4 cm³/mol. The van der Waals surface area contributed by atoms with Crippen molar-refractivity contribution >= 4 is 38.4 Å². The highest BCUT2D eigenvalue weighted by Crippen LogP contribution is 2.24. The van der Waals surface area contributed by atoms with E-state index >= 15 is 0 Å². The molecule has 9 heteroatoms. The monoisotopic (exact) mass is 329 g/mol. The molecule has 0 aliphatic carbocycles. The van der Waals surface area contributed by atoms with Crippen molar-refractivity contribution in [2.45, 2.75) is 6.54 Å². The first-order valence-corrected chi connectivity index (χ1v) is 7.42. The summed E-state index contributed by atoms with van der Waals surface area (Å²) in [6, 6.07) is 9.14. The Morgan fingerprint density at radius 3 is 2.87 bits per heavy atom. The Hall–Kier alpha value is -3.07. The molecule has 0 radical (unpaired) electrons. The summed E-state index contributed by atoms with van der Waals surface area (Å²) in [4.78, 5) is 29.9. The number of hydrogen-bond donors (Lipinski definition) is 2. The van der Waals surface area contributed by atoms with Crippen LogP contribution in [0.3, 0.4) is 0 Å². The van der Waals surface area contributed by atoms with Crippen LogP contribution < -0.4 is 10.6 Å². The van der Waals surface area contributed by atoms with Crippen molar-refractivity contribution in [2.24, 2.45) is 0 Å². The number of benzene rings is 1. The molecule has 23 heavy (non-hydrogen) atoms. The van der Waals surface area contributed by atoms with E-state index in [0.717, 1.165) is 34.0 Å². The number of pyridine rings is 1. The molecule has 0 bridgehead atoms. The second-order valence-electron chi connectivity index (χ2n) is 4.60. The number of aromatic nitrogens is 2. The molecule has 0 aliphatic heterocycles. The van der Waals surface area contributed by atoms with Gasteiger partial charge in [-0.05, 0) is 29.0 Å². The summed E-state index contributed by atoms with van der Waals surface area (Å²) in [5.74, 6) is 0. The first kappa shape index (κ1) is 14.9. The number of nitro groups is 1. The predicted octanol–water partition coefficient (Wildman–Crippen LogP) is 2.92. The molecule has 2 amide bonds. The van der Waals surface area contributed by atoms with Gasteiger partial charge < -0.3 is 5.32 Å². The third kappa shape index (κ3) is 3.58. The van der Waals surface area contributed by atoms with Crippen LogP contribution in [0.1, 0.15) is 5.56 Å². The summed E-state index contributed by atoms with van der Waals surface area (Å²) in [5.41, 5.74) is 1.74. The zero-order chi connectivity index (χ0) is 16.2. The summed E-state index contributed by atoms with van der Waals surface area (Å²) < 4.78 is 0. The van der Waals surface area contributed by atoms with Crippen LogP contribution >= 0.6 is 11.3 Å². The maximum Gasteiger partial charge on any atom is 0.345 e. The maximum absolute atomic E-state index is 11.8. The molecule has 8 nitrogen and oxygen atoms in total. The molecule has 0 atom stereocenters. The molecule has 0 aliphatic rings. The number of carbonyl (C=O) groups excluding carboxylic acids is 1. The second kappa shape index (κ2) is 6.36. The van der Waals surface area contributed by atoms with Crippen LogP contribution in [0, 0.1) is 10.1 Å². The number of thiazole rings is 1. The SMILES string of the molecule is O=C(NCc1cnc2ccccc2c1)Nc1ncc([N+](=O)[O-])s1. The van der Waals surface area contributed by atoms with E-state index in [0.29, 0.717) is 0 Å². The molecule has 2 heterocycles. The summed E-state index contributed by atoms with van der Waals surface area (Å²) in [6.45, 7) is 0.289. The number of para-hydroxylation sites is 1. The molecule has 3 rings (SSSR count). The number of hydrogen-bond acceptors (Lipinski definition) is 6. The van der Waals surface area contributed by atoms with E-state index in [1.54, 1.807) is 6.20 Å². The van der Waals surface area contributed by atoms with E-state index in [9.17, 15) is 14.9 Å². The third-order valence-electron chi connectivity index (χ3n) is 2.99. The zero-order valence-electron chi connectivity index (χ0n) is 11.7. The van der Waals surface area contributed by atoms with Crippen molar-refractivity contribution in [1.29, 1.82) is 0 Å². The molecular weight excluding hydrogens is 318 g/mol. The van der Waals surface area contributed by atoms with Crippen molar-refractivity contribution in [3.8, 4) is 0 Å². The highest BCUT2D eigenvalue weighted by atomic mass is 32.1. The first-order valence-electron chi connectivity index (χ1n) is 6.60. The molecule has 2 aromatic heterocycles. The van der Waals surface area contributed by atoms with Gasteiger partial charge in [0.1, 0.15) is 6.20 Å². The molecule has 0 saturated heterocycles. The zero-order valence-corrected chi connectivity index (χ0v) is 12.5. The van der Waals surface area contributed by atoms with Crippen LogP contribution in [0.15, 0.2) is 42.7 Å². The Labute approximate surface area is 134 Å². The van der Waals surface area contributed by atoms with E-state index < -0.39 is 11.0 Å². The molecule has 3 aromatic rings. The van der Waals surface area contributed by atoms with Gasteiger partial charge in [0.2, 0.25) is 0 Å². The lowest BCUT2D eigenvalue weighted by Crippen LogP contribution is -2.28. The average Bonchev–Trinajstić information content (AvgIpc) is 3.01. The molecule has 1 aromatic carbocycles. The molecule has 0 saturated carbocycles. The minimum Gasteiger partial charge on any atom is -0.334 e. The van der Waals surface area contributed by atoms with Crippen LogP contribution in [0.2, 0.25) is 0 Å². The number of carbonyl (C=O) groups is 1. The number of fused-ring (bicyclic) bond motifs is 1. The Bertz CT molecular complexity index is 879. The quantitative estimate of drug-likeness (QED) is 0.565. The van der Waals surface area contributed by atoms with E-state index in [2.05, 4.69) is 20.6 Å². The number of urea groups is 1. The number of anilines is 1. The Morgan fingerprint density at radius 2 is 2.09 bits per heavy atom. The van der Waals surface area contributed by atoms with Crippen molar-refractivity contribution < 1.29 is 9.72 Å². The average molecular weight is 329 g/mol. The van der Waals surface area contributed by atoms with Gasteiger partial charge in [-0.3, -0.25) is 20.4 Å². The van der Waals surface area contributed by atoms with Gasteiger partial charge in [-0.2, -0.15) is 0 Å². The van der Waals surface area contributed by atoms with Crippen LogP contribution in [0.4, 0.5) is 14.9 Å². The second-order valence-corrected chi connectivity index (χ2v) is 5.61. The summed E-state index contributed by atoms with van der Waals surface area (Å²) in [5, 5.41) is 16.7. The molecule has 0 unspecified atom stereocenters. The van der Waals surface area contributed by atoms with Crippen LogP contribution in [-0.2, 0) is 6.54 Å². The molecule has 116 valence electrons. The number of nitrogens with zero attached hydrogens (tertiary/aromatic N) is 3. The van der Waals surface area contributed by atoms with Crippen LogP contribution in [0.25, 0.3) is 10.9 Å². The largest absolute Gasteiger partial charge is 0.345 e. The van der Waals surface area contributed by atoms with Gasteiger partial charge in [-0.15, -0.1) is 0 Å². The lowest BCUT2D eigenvalue weighted by atomic mass is 10.1. The van der Waals surface area contributed by atoms with E-state index in [1.165, 1.54) is 0 Å². The van der Waals surface area contributed by atoms with Gasteiger partial charge >= 0.3 is 11.0 Å². The highest BCUT2D eigenvalue weighted by Gasteiger charge is 2.13. The minimum absolute atomic E-state index is 0.126. The fourth-order valence-corrected chi connectivity index (χ4v) is 2.57. The lowest BCUT2D eigenvalue weighted by Gasteiger charge is -2.06. The van der Waals surface area contributed by atoms with Crippen molar-refractivity contribution in [3.63, 3.8) is 0 Å². The number of nitrogens with one attached hydrogen (secondary N) is 2. The lowest BCUT2D eigenvalue weighted by molar-refractivity contribution is -0.380. The van der Waals surface area contributed by atoms with E-state index in [-0.39, 0.29) is 16.7 Å². The van der Waals surface area contributed by atoms with Gasteiger partial charge in [0.05, 0.1) is 10.4 Å². The Kier molecular flexibility index (Phi) is 4.11. The number of amides is 2. The summed E-state index contributed by atoms with van der Waals surface area (Å²) in [6.07, 6.45) is 2.80. The Morgan fingerprint density at radius 1 is 1.26 bits per heavy atom. The van der Waals surface area contributed by atoms with E-state index in [1.807, 2.05) is 30.3 Å². The fourth-order valence-electron chi connectivity index (χ4n) is 1.94. The normalized spacial score (nSPS) is 10.4. The highest BCUT2D eigenvalue weighted by molar-refractivity contribution is 7.18. The smallest absolute Gasteiger partial charge is 0.334 e. The Balaban J connectivity index is 1.60. The third-order valence-corrected chi connectivity index (χ3v) is 3.86. The van der Waals surface area contributed by atoms with Gasteiger partial charge in [-0.1, -0.05) is 18.2 Å². The standard InChI is InChI=1S/C14H11N5O3S/c20-13(18-14-17-8-12(23-14)19(21)22)16-7-9-5-10-3-1-2-4-11(10)15-6-9/h1-6,8H,7H2,(H2,16,17,18,20). The summed E-state index contributed by atoms with van der Waals surface area (Å²) in [7, 11) is 0. The van der Waals surface area contributed by atoms with Gasteiger partial charge in [-0.25, -0.2) is 9.78 Å². The maximum atomic E-state index is 11.8. The van der Waals surface area contributed by atoms with Gasteiger partial charge in [0, 0.05) is 18.1 Å². The van der Waals surface area contributed by atoms with Crippen molar-refractivity contribution in [1.82, 2.24) is 15.3 Å². The van der Waals surface area contributed by atoms with Crippen LogP contribution in [-0.4, -0.2) is 20.9 Å². The first-order chi connectivity index (χ1) is 11.1. The molecule has 0 fully saturated rings. The molecule has 2 N–H and O–H groups in total. The fraction of sp³-hybridized carbons (Fsp3) is 0.0714.